The predicted octanol–water partition coefficient (Wildman–Crippen LogP) is 2.21. The quantitative estimate of drug-likeness (QED) is 0.777. The van der Waals surface area contributed by atoms with E-state index in [4.69, 9.17) is 15.1 Å². The van der Waals surface area contributed by atoms with E-state index < -0.39 is 11.8 Å². The molecule has 0 aliphatic rings. The van der Waals surface area contributed by atoms with Crippen molar-refractivity contribution in [3.8, 4) is 11.8 Å². The van der Waals surface area contributed by atoms with Gasteiger partial charge in [0.15, 0.2) is 11.6 Å². The average molecular weight is 223 g/mol. The smallest absolute Gasteiger partial charge is 0.339 e. The van der Waals surface area contributed by atoms with Crippen LogP contribution >= 0.6 is 0 Å². The van der Waals surface area contributed by atoms with Crippen LogP contribution in [0, 0.1) is 17.1 Å². The number of carboxylic acid groups (broad SMARTS) is 1. The van der Waals surface area contributed by atoms with Crippen molar-refractivity contribution in [3.63, 3.8) is 0 Å². The Kier molecular flexibility index (Phi) is 4.28. The number of ether oxygens (including phenoxy) is 1. The van der Waals surface area contributed by atoms with Gasteiger partial charge < -0.3 is 9.84 Å². The first-order chi connectivity index (χ1) is 7.66. The molecule has 0 saturated heterocycles. The molecule has 0 unspecified atom stereocenters. The summed E-state index contributed by atoms with van der Waals surface area (Å²) < 4.78 is 18.3. The molecule has 0 aliphatic carbocycles. The Morgan fingerprint density at radius 1 is 1.56 bits per heavy atom. The minimum atomic E-state index is -1.24. The number of hydrogen-bond acceptors (Lipinski definition) is 3. The molecule has 0 amide bonds. The van der Waals surface area contributed by atoms with Gasteiger partial charge in [-0.2, -0.15) is 5.26 Å². The zero-order chi connectivity index (χ0) is 12.0. The monoisotopic (exact) mass is 223 g/mol. The van der Waals surface area contributed by atoms with E-state index in [0.717, 1.165) is 6.07 Å². The van der Waals surface area contributed by atoms with Crippen molar-refractivity contribution < 1.29 is 19.0 Å². The highest BCUT2D eigenvalue weighted by Crippen LogP contribution is 2.22. The van der Waals surface area contributed by atoms with E-state index in [1.54, 1.807) is 0 Å². The molecule has 0 aromatic heterocycles. The number of aromatic carboxylic acids is 1. The van der Waals surface area contributed by atoms with Crippen molar-refractivity contribution in [1.82, 2.24) is 0 Å². The molecule has 0 fully saturated rings. The molecule has 1 aromatic rings. The lowest BCUT2D eigenvalue weighted by atomic mass is 10.2. The van der Waals surface area contributed by atoms with E-state index in [2.05, 4.69) is 0 Å². The van der Waals surface area contributed by atoms with Gasteiger partial charge in [0.05, 0.1) is 12.7 Å². The zero-order valence-electron chi connectivity index (χ0n) is 8.44. The number of carbonyl (C=O) groups is 1. The second-order valence-electron chi connectivity index (χ2n) is 3.03. The Morgan fingerprint density at radius 2 is 2.31 bits per heavy atom. The molecular weight excluding hydrogens is 213 g/mol. The lowest BCUT2D eigenvalue weighted by Crippen LogP contribution is -2.06. The highest BCUT2D eigenvalue weighted by molar-refractivity contribution is 5.90. The van der Waals surface area contributed by atoms with Crippen molar-refractivity contribution in [2.45, 2.75) is 12.8 Å². The van der Waals surface area contributed by atoms with E-state index >= 15 is 0 Å². The number of benzene rings is 1. The SMILES string of the molecule is N#CCCCOc1c(F)cccc1C(=O)O. The molecule has 0 radical (unpaired) electrons. The molecule has 1 N–H and O–H groups in total. The molecule has 0 spiro atoms. The molecule has 0 saturated carbocycles. The van der Waals surface area contributed by atoms with Crippen molar-refractivity contribution in [1.29, 1.82) is 5.26 Å². The first-order valence-corrected chi connectivity index (χ1v) is 4.68. The van der Waals surface area contributed by atoms with E-state index in [1.807, 2.05) is 6.07 Å². The second kappa shape index (κ2) is 5.71. The van der Waals surface area contributed by atoms with Gasteiger partial charge in [0, 0.05) is 6.42 Å². The normalized spacial score (nSPS) is 9.50. The van der Waals surface area contributed by atoms with Crippen LogP contribution in [0.25, 0.3) is 0 Å². The van der Waals surface area contributed by atoms with Gasteiger partial charge in [0.1, 0.15) is 5.56 Å². The Balaban J connectivity index is 2.77. The fourth-order valence-electron chi connectivity index (χ4n) is 1.15. The maximum Gasteiger partial charge on any atom is 0.339 e. The first-order valence-electron chi connectivity index (χ1n) is 4.68. The summed E-state index contributed by atoms with van der Waals surface area (Å²) in [6, 6.07) is 5.62. The van der Waals surface area contributed by atoms with Crippen LogP contribution in [0.5, 0.6) is 5.75 Å². The average Bonchev–Trinajstić information content (AvgIpc) is 2.25. The van der Waals surface area contributed by atoms with Gasteiger partial charge in [-0.25, -0.2) is 9.18 Å². The summed E-state index contributed by atoms with van der Waals surface area (Å²) in [5.41, 5.74) is -0.211. The third kappa shape index (κ3) is 2.95. The van der Waals surface area contributed by atoms with Gasteiger partial charge >= 0.3 is 5.97 Å². The highest BCUT2D eigenvalue weighted by atomic mass is 19.1. The summed E-state index contributed by atoms with van der Waals surface area (Å²) in [5.74, 6) is -2.22. The predicted molar refractivity (Wildman–Crippen MR) is 53.7 cm³/mol. The molecule has 5 heteroatoms. The summed E-state index contributed by atoms with van der Waals surface area (Å²) in [6.45, 7) is 0.120. The van der Waals surface area contributed by atoms with Gasteiger partial charge in [0.2, 0.25) is 0 Å². The topological polar surface area (TPSA) is 70.3 Å². The van der Waals surface area contributed by atoms with E-state index in [0.29, 0.717) is 6.42 Å². The molecule has 16 heavy (non-hydrogen) atoms. The number of unbranched alkanes of at least 4 members (excludes halogenated alkanes) is 1. The van der Waals surface area contributed by atoms with Crippen LogP contribution in [-0.2, 0) is 0 Å². The third-order valence-corrected chi connectivity index (χ3v) is 1.88. The number of halogens is 1. The molecule has 4 nitrogen and oxygen atoms in total. The fourth-order valence-corrected chi connectivity index (χ4v) is 1.15. The summed E-state index contributed by atoms with van der Waals surface area (Å²) in [6.07, 6.45) is 0.723. The molecule has 1 aromatic carbocycles. The van der Waals surface area contributed by atoms with Crippen LogP contribution < -0.4 is 4.74 Å². The zero-order valence-corrected chi connectivity index (χ0v) is 8.44. The van der Waals surface area contributed by atoms with Gasteiger partial charge in [-0.1, -0.05) is 6.07 Å². The van der Waals surface area contributed by atoms with Crippen molar-refractivity contribution in [2.75, 3.05) is 6.61 Å². The van der Waals surface area contributed by atoms with Crippen molar-refractivity contribution in [3.05, 3.63) is 29.6 Å². The minimum absolute atomic E-state index is 0.120. The van der Waals surface area contributed by atoms with Crippen LogP contribution in [-0.4, -0.2) is 17.7 Å². The van der Waals surface area contributed by atoms with Gasteiger partial charge in [-0.15, -0.1) is 0 Å². The highest BCUT2D eigenvalue weighted by Gasteiger charge is 2.15. The lowest BCUT2D eigenvalue weighted by molar-refractivity contribution is 0.0691. The molecule has 0 bridgehead atoms. The van der Waals surface area contributed by atoms with Crippen molar-refractivity contribution >= 4 is 5.97 Å². The summed E-state index contributed by atoms with van der Waals surface area (Å²) in [5, 5.41) is 17.1. The first kappa shape index (κ1) is 12.0. The number of hydrogen-bond donors (Lipinski definition) is 1. The Morgan fingerprint density at radius 3 is 2.94 bits per heavy atom. The van der Waals surface area contributed by atoms with Crippen LogP contribution in [0.1, 0.15) is 23.2 Å². The van der Waals surface area contributed by atoms with Gasteiger partial charge in [-0.05, 0) is 18.6 Å². The second-order valence-corrected chi connectivity index (χ2v) is 3.03. The third-order valence-electron chi connectivity index (χ3n) is 1.88. The van der Waals surface area contributed by atoms with Crippen LogP contribution in [0.2, 0.25) is 0 Å². The maximum atomic E-state index is 13.3. The number of rotatable bonds is 5. The number of nitrogens with zero attached hydrogens (tertiary/aromatic N) is 1. The maximum absolute atomic E-state index is 13.3. The lowest BCUT2D eigenvalue weighted by Gasteiger charge is -2.08. The van der Waals surface area contributed by atoms with Crippen LogP contribution in [0.4, 0.5) is 4.39 Å². The summed E-state index contributed by atoms with van der Waals surface area (Å²) in [4.78, 5) is 10.8. The molecule has 0 heterocycles. The number of para-hydroxylation sites is 1. The van der Waals surface area contributed by atoms with Gasteiger partial charge in [-0.3, -0.25) is 0 Å². The fraction of sp³-hybridized carbons (Fsp3) is 0.273. The van der Waals surface area contributed by atoms with E-state index in [9.17, 15) is 9.18 Å². The van der Waals surface area contributed by atoms with Crippen LogP contribution in [0.3, 0.4) is 0 Å². The number of carboxylic acids is 1. The van der Waals surface area contributed by atoms with Crippen LogP contribution in [0.15, 0.2) is 18.2 Å². The minimum Gasteiger partial charge on any atom is -0.490 e. The molecule has 84 valence electrons. The van der Waals surface area contributed by atoms with Gasteiger partial charge in [0.25, 0.3) is 0 Å². The molecular formula is C11H10FNO3. The standard InChI is InChI=1S/C11H10FNO3/c12-9-5-3-4-8(11(14)15)10(9)16-7-2-1-6-13/h3-5H,1-2,7H2,(H,14,15). The summed E-state index contributed by atoms with van der Waals surface area (Å²) in [7, 11) is 0. The van der Waals surface area contributed by atoms with E-state index in [1.165, 1.54) is 12.1 Å². The Labute approximate surface area is 91.9 Å². The summed E-state index contributed by atoms with van der Waals surface area (Å²) >= 11 is 0. The Hall–Kier alpha value is -2.09. The molecule has 0 aliphatic heterocycles. The Bertz CT molecular complexity index is 426. The van der Waals surface area contributed by atoms with E-state index in [-0.39, 0.29) is 24.3 Å². The molecule has 0 atom stereocenters. The molecule has 1 rings (SSSR count). The largest absolute Gasteiger partial charge is 0.490 e. The van der Waals surface area contributed by atoms with Crippen molar-refractivity contribution in [2.24, 2.45) is 0 Å². The number of nitriles is 1.